The van der Waals surface area contributed by atoms with E-state index in [4.69, 9.17) is 5.73 Å². The molecule has 0 spiro atoms. The van der Waals surface area contributed by atoms with Gasteiger partial charge < -0.3 is 10.6 Å². The molecule has 21 heavy (non-hydrogen) atoms. The summed E-state index contributed by atoms with van der Waals surface area (Å²) in [5.41, 5.74) is 7.46. The van der Waals surface area contributed by atoms with E-state index in [2.05, 4.69) is 4.90 Å². The Morgan fingerprint density at radius 2 is 1.81 bits per heavy atom. The van der Waals surface area contributed by atoms with Crippen LogP contribution < -0.4 is 5.73 Å². The average molecular weight is 287 g/mol. The van der Waals surface area contributed by atoms with Gasteiger partial charge in [-0.25, -0.2) is 0 Å². The highest BCUT2D eigenvalue weighted by molar-refractivity contribution is 5.94. The van der Waals surface area contributed by atoms with E-state index in [9.17, 15) is 4.79 Å². The Hall–Kier alpha value is -1.39. The quantitative estimate of drug-likeness (QED) is 0.923. The molecule has 4 heteroatoms. The molecule has 1 aromatic carbocycles. The smallest absolute Gasteiger partial charge is 0.253 e. The van der Waals surface area contributed by atoms with Gasteiger partial charge in [0.1, 0.15) is 0 Å². The summed E-state index contributed by atoms with van der Waals surface area (Å²) in [6, 6.07) is 8.28. The molecule has 0 radical (unpaired) electrons. The zero-order valence-corrected chi connectivity index (χ0v) is 12.6. The number of rotatable bonds is 3. The van der Waals surface area contributed by atoms with Gasteiger partial charge in [0.25, 0.3) is 5.91 Å². The molecular formula is C17H25N3O. The van der Waals surface area contributed by atoms with E-state index in [0.717, 1.165) is 30.6 Å². The van der Waals surface area contributed by atoms with Crippen molar-refractivity contribution in [1.29, 1.82) is 0 Å². The number of nitrogens with zero attached hydrogens (tertiary/aromatic N) is 2. The number of amides is 1. The van der Waals surface area contributed by atoms with Gasteiger partial charge in [-0.05, 0) is 56.5 Å². The molecule has 2 saturated heterocycles. The van der Waals surface area contributed by atoms with Gasteiger partial charge in [-0.3, -0.25) is 9.69 Å². The fourth-order valence-electron chi connectivity index (χ4n) is 3.51. The first-order valence-electron chi connectivity index (χ1n) is 8.10. The summed E-state index contributed by atoms with van der Waals surface area (Å²) in [5, 5.41) is 0. The van der Waals surface area contributed by atoms with E-state index in [-0.39, 0.29) is 5.91 Å². The first-order valence-corrected chi connectivity index (χ1v) is 8.10. The standard InChI is InChI=1S/C17H25N3O/c18-12-14-5-7-15(8-6-14)17(21)20-11-3-4-16(13-20)19-9-1-2-10-19/h5-8,16H,1-4,9-13,18H2/t16-/m0/s1. The van der Waals surface area contributed by atoms with Crippen molar-refractivity contribution in [3.05, 3.63) is 35.4 Å². The Morgan fingerprint density at radius 3 is 2.48 bits per heavy atom. The van der Waals surface area contributed by atoms with E-state index in [0.29, 0.717) is 12.6 Å². The van der Waals surface area contributed by atoms with E-state index < -0.39 is 0 Å². The Balaban J connectivity index is 1.65. The summed E-state index contributed by atoms with van der Waals surface area (Å²) in [6.45, 7) is 4.71. The van der Waals surface area contributed by atoms with Gasteiger partial charge in [0, 0.05) is 31.2 Å². The predicted octanol–water partition coefficient (Wildman–Crippen LogP) is 1.85. The van der Waals surface area contributed by atoms with Gasteiger partial charge in [0.05, 0.1) is 0 Å². The van der Waals surface area contributed by atoms with Crippen molar-refractivity contribution in [2.24, 2.45) is 5.73 Å². The molecule has 4 nitrogen and oxygen atoms in total. The van der Waals surface area contributed by atoms with Crippen LogP contribution in [0.5, 0.6) is 0 Å². The maximum atomic E-state index is 12.6. The summed E-state index contributed by atoms with van der Waals surface area (Å²) in [6.07, 6.45) is 4.97. The number of benzene rings is 1. The van der Waals surface area contributed by atoms with Crippen molar-refractivity contribution in [3.63, 3.8) is 0 Å². The lowest BCUT2D eigenvalue weighted by Crippen LogP contribution is -2.48. The SMILES string of the molecule is NCc1ccc(C(=O)N2CCC[C@H](N3CCCC3)C2)cc1. The topological polar surface area (TPSA) is 49.6 Å². The molecular weight excluding hydrogens is 262 g/mol. The van der Waals surface area contributed by atoms with Crippen molar-refractivity contribution >= 4 is 5.91 Å². The molecule has 1 atom stereocenters. The second-order valence-corrected chi connectivity index (χ2v) is 6.19. The maximum absolute atomic E-state index is 12.6. The van der Waals surface area contributed by atoms with Gasteiger partial charge in [-0.2, -0.15) is 0 Å². The maximum Gasteiger partial charge on any atom is 0.253 e. The van der Waals surface area contributed by atoms with Gasteiger partial charge >= 0.3 is 0 Å². The molecule has 114 valence electrons. The Kier molecular flexibility index (Phi) is 4.56. The largest absolute Gasteiger partial charge is 0.337 e. The number of hydrogen-bond acceptors (Lipinski definition) is 3. The minimum absolute atomic E-state index is 0.169. The lowest BCUT2D eigenvalue weighted by atomic mass is 10.0. The average Bonchev–Trinajstić information content (AvgIpc) is 3.09. The summed E-state index contributed by atoms with van der Waals surface area (Å²) >= 11 is 0. The van der Waals surface area contributed by atoms with Crippen LogP contribution in [0, 0.1) is 0 Å². The Morgan fingerprint density at radius 1 is 1.10 bits per heavy atom. The highest BCUT2D eigenvalue weighted by Gasteiger charge is 2.29. The molecule has 2 aliphatic heterocycles. The van der Waals surface area contributed by atoms with Crippen LogP contribution in [-0.2, 0) is 6.54 Å². The van der Waals surface area contributed by atoms with Crippen molar-refractivity contribution in [1.82, 2.24) is 9.80 Å². The highest BCUT2D eigenvalue weighted by atomic mass is 16.2. The molecule has 1 aromatic rings. The van der Waals surface area contributed by atoms with E-state index in [1.165, 1.54) is 32.4 Å². The molecule has 0 saturated carbocycles. The van der Waals surface area contributed by atoms with E-state index in [1.807, 2.05) is 29.2 Å². The monoisotopic (exact) mass is 287 g/mol. The van der Waals surface area contributed by atoms with Crippen LogP contribution in [0.3, 0.4) is 0 Å². The summed E-state index contributed by atoms with van der Waals surface area (Å²) in [5.74, 6) is 0.169. The lowest BCUT2D eigenvalue weighted by molar-refractivity contribution is 0.0608. The van der Waals surface area contributed by atoms with Gasteiger partial charge in [-0.1, -0.05) is 12.1 Å². The molecule has 0 bridgehead atoms. The van der Waals surface area contributed by atoms with E-state index >= 15 is 0 Å². The third-order valence-electron chi connectivity index (χ3n) is 4.78. The van der Waals surface area contributed by atoms with Crippen LogP contribution in [0.1, 0.15) is 41.6 Å². The molecule has 2 fully saturated rings. The van der Waals surface area contributed by atoms with Crippen LogP contribution in [0.2, 0.25) is 0 Å². The second kappa shape index (κ2) is 6.58. The second-order valence-electron chi connectivity index (χ2n) is 6.19. The van der Waals surface area contributed by atoms with E-state index in [1.54, 1.807) is 0 Å². The van der Waals surface area contributed by atoms with Crippen molar-refractivity contribution in [3.8, 4) is 0 Å². The molecule has 1 amide bonds. The van der Waals surface area contributed by atoms with Crippen LogP contribution >= 0.6 is 0 Å². The zero-order valence-electron chi connectivity index (χ0n) is 12.6. The van der Waals surface area contributed by atoms with Gasteiger partial charge in [0.2, 0.25) is 0 Å². The van der Waals surface area contributed by atoms with Crippen LogP contribution in [-0.4, -0.2) is 47.9 Å². The normalized spacial score (nSPS) is 23.5. The van der Waals surface area contributed by atoms with Crippen LogP contribution in [0.25, 0.3) is 0 Å². The number of carbonyl (C=O) groups is 1. The third kappa shape index (κ3) is 3.27. The number of carbonyl (C=O) groups excluding carboxylic acids is 1. The molecule has 2 heterocycles. The number of likely N-dealkylation sites (tertiary alicyclic amines) is 2. The number of hydrogen-bond donors (Lipinski definition) is 1. The van der Waals surface area contributed by atoms with Gasteiger partial charge in [-0.15, -0.1) is 0 Å². The Labute approximate surface area is 126 Å². The van der Waals surface area contributed by atoms with Crippen molar-refractivity contribution in [2.45, 2.75) is 38.3 Å². The minimum atomic E-state index is 0.169. The molecule has 0 unspecified atom stereocenters. The van der Waals surface area contributed by atoms with Crippen LogP contribution in [0.4, 0.5) is 0 Å². The summed E-state index contributed by atoms with van der Waals surface area (Å²) in [4.78, 5) is 17.2. The zero-order chi connectivity index (χ0) is 14.7. The predicted molar refractivity (Wildman–Crippen MR) is 84.1 cm³/mol. The fourth-order valence-corrected chi connectivity index (χ4v) is 3.51. The molecule has 0 aromatic heterocycles. The minimum Gasteiger partial charge on any atom is -0.337 e. The summed E-state index contributed by atoms with van der Waals surface area (Å²) in [7, 11) is 0. The molecule has 3 rings (SSSR count). The fraction of sp³-hybridized carbons (Fsp3) is 0.588. The lowest BCUT2D eigenvalue weighted by Gasteiger charge is -2.37. The third-order valence-corrected chi connectivity index (χ3v) is 4.78. The first kappa shape index (κ1) is 14.5. The molecule has 0 aliphatic carbocycles. The van der Waals surface area contributed by atoms with Crippen molar-refractivity contribution < 1.29 is 4.79 Å². The number of nitrogens with two attached hydrogens (primary N) is 1. The van der Waals surface area contributed by atoms with Crippen LogP contribution in [0.15, 0.2) is 24.3 Å². The molecule has 2 aliphatic rings. The molecule has 2 N–H and O–H groups in total. The first-order chi connectivity index (χ1) is 10.3. The number of piperidine rings is 1. The van der Waals surface area contributed by atoms with Gasteiger partial charge in [0.15, 0.2) is 0 Å². The Bertz CT molecular complexity index is 479. The summed E-state index contributed by atoms with van der Waals surface area (Å²) < 4.78 is 0. The van der Waals surface area contributed by atoms with Crippen molar-refractivity contribution in [2.75, 3.05) is 26.2 Å². The highest BCUT2D eigenvalue weighted by Crippen LogP contribution is 2.21.